The zero-order valence-electron chi connectivity index (χ0n) is 18.8. The van der Waals surface area contributed by atoms with Gasteiger partial charge in [0.2, 0.25) is 5.91 Å². The number of fused-ring (bicyclic) bond motifs is 1. The molecule has 0 bridgehead atoms. The Balaban J connectivity index is 1.49. The molecule has 1 unspecified atom stereocenters. The van der Waals surface area contributed by atoms with E-state index in [0.29, 0.717) is 32.5 Å². The molecule has 34 heavy (non-hydrogen) atoms. The van der Waals surface area contributed by atoms with E-state index in [1.54, 1.807) is 35.8 Å². The van der Waals surface area contributed by atoms with Gasteiger partial charge < -0.3 is 5.32 Å². The molecule has 4 aromatic rings. The van der Waals surface area contributed by atoms with Crippen LogP contribution in [0.2, 0.25) is 0 Å². The van der Waals surface area contributed by atoms with Crippen LogP contribution in [0.15, 0.2) is 69.9 Å². The molecule has 0 aliphatic heterocycles. The van der Waals surface area contributed by atoms with E-state index in [-0.39, 0.29) is 17.2 Å². The molecule has 0 spiro atoms. The minimum atomic E-state index is -0.525. The largest absolute Gasteiger partial charge is 0.325 e. The molecule has 1 atom stereocenters. The van der Waals surface area contributed by atoms with Gasteiger partial charge >= 0.3 is 0 Å². The van der Waals surface area contributed by atoms with E-state index in [9.17, 15) is 14.4 Å². The van der Waals surface area contributed by atoms with Crippen molar-refractivity contribution in [2.24, 2.45) is 0 Å². The zero-order chi connectivity index (χ0) is 23.8. The first-order valence-electron chi connectivity index (χ1n) is 11.1. The predicted octanol–water partition coefficient (Wildman–Crippen LogP) is 5.65. The fourth-order valence-corrected chi connectivity index (χ4v) is 5.83. The molecule has 1 aliphatic carbocycles. The first kappa shape index (κ1) is 22.6. The van der Waals surface area contributed by atoms with Crippen LogP contribution >= 0.6 is 23.1 Å². The molecular weight excluding hydrogens is 466 g/mol. The van der Waals surface area contributed by atoms with E-state index in [4.69, 9.17) is 4.98 Å². The SMILES string of the molecule is CC(=O)c1cccc(NC(=O)C(C)Sc2nc3scc(C4CC4)c3c(=O)n2-c2ccccc2)c1. The zero-order valence-corrected chi connectivity index (χ0v) is 20.4. The van der Waals surface area contributed by atoms with E-state index in [1.807, 2.05) is 30.3 Å². The number of thiophene rings is 1. The lowest BCUT2D eigenvalue weighted by Gasteiger charge is -2.16. The fraction of sp³-hybridized carbons (Fsp3) is 0.231. The van der Waals surface area contributed by atoms with Gasteiger partial charge in [0.05, 0.1) is 16.3 Å². The number of carbonyl (C=O) groups excluding carboxylic acids is 2. The second-order valence-electron chi connectivity index (χ2n) is 8.40. The number of nitrogens with zero attached hydrogens (tertiary/aromatic N) is 2. The van der Waals surface area contributed by atoms with Crippen LogP contribution in [0.4, 0.5) is 5.69 Å². The van der Waals surface area contributed by atoms with Gasteiger partial charge in [-0.25, -0.2) is 4.98 Å². The Labute approximate surface area is 205 Å². The molecule has 0 saturated heterocycles. The average molecular weight is 490 g/mol. The van der Waals surface area contributed by atoms with Crippen LogP contribution in [0.3, 0.4) is 0 Å². The topological polar surface area (TPSA) is 81.1 Å². The summed E-state index contributed by atoms with van der Waals surface area (Å²) in [5.41, 5.74) is 2.81. The van der Waals surface area contributed by atoms with Crippen molar-refractivity contribution in [3.8, 4) is 5.69 Å². The van der Waals surface area contributed by atoms with E-state index in [0.717, 1.165) is 24.1 Å². The third-order valence-electron chi connectivity index (χ3n) is 5.83. The Morgan fingerprint density at radius 3 is 2.62 bits per heavy atom. The normalized spacial score (nSPS) is 14.2. The van der Waals surface area contributed by atoms with Crippen LogP contribution in [-0.2, 0) is 4.79 Å². The number of amides is 1. The Bertz CT molecular complexity index is 1460. The second-order valence-corrected chi connectivity index (χ2v) is 10.6. The van der Waals surface area contributed by atoms with Gasteiger partial charge in [0.15, 0.2) is 10.9 Å². The number of rotatable bonds is 7. The predicted molar refractivity (Wildman–Crippen MR) is 138 cm³/mol. The van der Waals surface area contributed by atoms with E-state index < -0.39 is 5.25 Å². The van der Waals surface area contributed by atoms with Crippen molar-refractivity contribution in [1.82, 2.24) is 9.55 Å². The van der Waals surface area contributed by atoms with Crippen LogP contribution in [-0.4, -0.2) is 26.5 Å². The maximum absolute atomic E-state index is 13.7. The number of para-hydroxylation sites is 1. The number of ketones is 1. The molecular formula is C26H23N3O3S2. The van der Waals surface area contributed by atoms with Gasteiger partial charge in [-0.2, -0.15) is 0 Å². The molecule has 1 aliphatic rings. The molecule has 0 radical (unpaired) electrons. The van der Waals surface area contributed by atoms with Crippen LogP contribution in [0.5, 0.6) is 0 Å². The lowest BCUT2D eigenvalue weighted by molar-refractivity contribution is -0.115. The van der Waals surface area contributed by atoms with Gasteiger partial charge in [0.1, 0.15) is 4.83 Å². The molecule has 172 valence electrons. The average Bonchev–Trinajstić information content (AvgIpc) is 3.59. The Morgan fingerprint density at radius 1 is 1.15 bits per heavy atom. The molecule has 2 aromatic carbocycles. The standard InChI is InChI=1S/C26H23N3O3S2/c1-15(30)18-7-6-8-19(13-18)27-23(31)16(2)34-26-28-24-22(21(14-33-24)17-11-12-17)25(32)29(26)20-9-4-3-5-10-20/h3-10,13-14,16-17H,11-12H2,1-2H3,(H,27,31). The third kappa shape index (κ3) is 4.43. The van der Waals surface area contributed by atoms with Crippen molar-refractivity contribution in [2.45, 2.75) is 43.0 Å². The van der Waals surface area contributed by atoms with Crippen molar-refractivity contribution in [1.29, 1.82) is 0 Å². The first-order valence-corrected chi connectivity index (χ1v) is 12.9. The Hall–Kier alpha value is -3.23. The van der Waals surface area contributed by atoms with Crippen LogP contribution in [0.1, 0.15) is 48.5 Å². The summed E-state index contributed by atoms with van der Waals surface area (Å²) in [5, 5.41) is 5.57. The quantitative estimate of drug-likeness (QED) is 0.206. The molecule has 2 aromatic heterocycles. The highest BCUT2D eigenvalue weighted by Crippen LogP contribution is 2.44. The smallest absolute Gasteiger partial charge is 0.267 e. The first-order chi connectivity index (χ1) is 16.4. The molecule has 8 heteroatoms. The molecule has 1 amide bonds. The third-order valence-corrected chi connectivity index (χ3v) is 7.77. The maximum Gasteiger partial charge on any atom is 0.267 e. The van der Waals surface area contributed by atoms with Crippen molar-refractivity contribution in [3.63, 3.8) is 0 Å². The molecule has 1 saturated carbocycles. The Kier molecular flexibility index (Phi) is 6.10. The van der Waals surface area contributed by atoms with Crippen molar-refractivity contribution < 1.29 is 9.59 Å². The summed E-state index contributed by atoms with van der Waals surface area (Å²) >= 11 is 2.73. The summed E-state index contributed by atoms with van der Waals surface area (Å²) in [4.78, 5) is 43.9. The summed E-state index contributed by atoms with van der Waals surface area (Å²) in [7, 11) is 0. The number of benzene rings is 2. The van der Waals surface area contributed by atoms with Crippen molar-refractivity contribution in [2.75, 3.05) is 5.32 Å². The Morgan fingerprint density at radius 2 is 1.91 bits per heavy atom. The number of Topliss-reactive ketones (excluding diaryl/α,β-unsaturated/α-hetero) is 1. The van der Waals surface area contributed by atoms with Crippen molar-refractivity contribution in [3.05, 3.63) is 81.5 Å². The lowest BCUT2D eigenvalue weighted by Crippen LogP contribution is -2.26. The molecule has 1 N–H and O–H groups in total. The van der Waals surface area contributed by atoms with Crippen LogP contribution in [0.25, 0.3) is 15.9 Å². The lowest BCUT2D eigenvalue weighted by atomic mass is 10.1. The van der Waals surface area contributed by atoms with Gasteiger partial charge in [0, 0.05) is 11.3 Å². The van der Waals surface area contributed by atoms with Gasteiger partial charge in [-0.05, 0) is 67.8 Å². The molecule has 5 rings (SSSR count). The fourth-order valence-electron chi connectivity index (χ4n) is 3.84. The number of anilines is 1. The highest BCUT2D eigenvalue weighted by molar-refractivity contribution is 8.00. The van der Waals surface area contributed by atoms with Crippen molar-refractivity contribution >= 4 is 50.7 Å². The van der Waals surface area contributed by atoms with Gasteiger partial charge in [-0.15, -0.1) is 11.3 Å². The minimum absolute atomic E-state index is 0.0654. The van der Waals surface area contributed by atoms with Crippen LogP contribution in [0, 0.1) is 0 Å². The summed E-state index contributed by atoms with van der Waals surface area (Å²) in [6.45, 7) is 3.27. The monoisotopic (exact) mass is 489 g/mol. The summed E-state index contributed by atoms with van der Waals surface area (Å²) in [6, 6.07) is 16.3. The number of aromatic nitrogens is 2. The maximum atomic E-state index is 13.7. The minimum Gasteiger partial charge on any atom is -0.325 e. The van der Waals surface area contributed by atoms with Gasteiger partial charge in [-0.3, -0.25) is 19.0 Å². The summed E-state index contributed by atoms with van der Waals surface area (Å²) in [6.07, 6.45) is 2.21. The van der Waals surface area contributed by atoms with Crippen LogP contribution < -0.4 is 10.9 Å². The van der Waals surface area contributed by atoms with Gasteiger partial charge in [-0.1, -0.05) is 42.1 Å². The molecule has 6 nitrogen and oxygen atoms in total. The summed E-state index contributed by atoms with van der Waals surface area (Å²) < 4.78 is 1.62. The number of carbonyl (C=O) groups is 2. The highest BCUT2D eigenvalue weighted by atomic mass is 32.2. The number of thioether (sulfide) groups is 1. The van der Waals surface area contributed by atoms with E-state index >= 15 is 0 Å². The van der Waals surface area contributed by atoms with E-state index in [1.165, 1.54) is 30.0 Å². The summed E-state index contributed by atoms with van der Waals surface area (Å²) in [5.74, 6) is 0.148. The molecule has 1 fully saturated rings. The number of nitrogens with one attached hydrogen (secondary N) is 1. The highest BCUT2D eigenvalue weighted by Gasteiger charge is 2.29. The number of hydrogen-bond donors (Lipinski definition) is 1. The van der Waals surface area contributed by atoms with E-state index in [2.05, 4.69) is 10.7 Å². The van der Waals surface area contributed by atoms with Gasteiger partial charge in [0.25, 0.3) is 5.56 Å². The number of hydrogen-bond acceptors (Lipinski definition) is 6. The second kappa shape index (κ2) is 9.19. The molecule has 2 heterocycles.